The minimum Gasteiger partial charge on any atom is -0.342 e. The SMILES string of the molecule is CN(Cc1ccc(C2CCCN(c3nc(-c4ccncc4)cc(=O)n3C)C2)cc1)C1CCCCC1. The fraction of sp³-hybridized carbons (Fsp3) is 0.483. The number of aromatic nitrogens is 3. The van der Waals surface area contributed by atoms with Crippen molar-refractivity contribution in [1.29, 1.82) is 0 Å². The second kappa shape index (κ2) is 10.7. The van der Waals surface area contributed by atoms with Crippen molar-refractivity contribution >= 4 is 5.95 Å². The van der Waals surface area contributed by atoms with Crippen molar-refractivity contribution < 1.29 is 0 Å². The molecule has 3 heterocycles. The summed E-state index contributed by atoms with van der Waals surface area (Å²) in [5, 5.41) is 0. The molecule has 6 heteroatoms. The van der Waals surface area contributed by atoms with Crippen molar-refractivity contribution in [3.05, 3.63) is 76.3 Å². The number of nitrogens with zero attached hydrogens (tertiary/aromatic N) is 5. The van der Waals surface area contributed by atoms with E-state index in [-0.39, 0.29) is 5.56 Å². The van der Waals surface area contributed by atoms with Gasteiger partial charge in [0.05, 0.1) is 5.69 Å². The topological polar surface area (TPSA) is 54.3 Å². The van der Waals surface area contributed by atoms with Crippen LogP contribution >= 0.6 is 0 Å². The van der Waals surface area contributed by atoms with Crippen molar-refractivity contribution in [1.82, 2.24) is 19.4 Å². The standard InChI is InChI=1S/C29H37N5O/c1-32(26-8-4-3-5-9-26)20-22-10-12-23(13-11-22)25-7-6-18-34(21-25)29-31-27(19-28(35)33(29)2)24-14-16-30-17-15-24/h10-17,19,25-26H,3-9,18,20-21H2,1-2H3. The average Bonchev–Trinajstić information content (AvgIpc) is 2.91. The Labute approximate surface area is 208 Å². The van der Waals surface area contributed by atoms with Crippen LogP contribution < -0.4 is 10.5 Å². The highest BCUT2D eigenvalue weighted by molar-refractivity contribution is 5.59. The van der Waals surface area contributed by atoms with Gasteiger partial charge in [0.1, 0.15) is 0 Å². The number of anilines is 1. The summed E-state index contributed by atoms with van der Waals surface area (Å²) in [6.45, 7) is 2.82. The van der Waals surface area contributed by atoms with Crippen LogP contribution in [0.1, 0.15) is 62.0 Å². The third-order valence-electron chi connectivity index (χ3n) is 7.87. The molecule has 1 aliphatic carbocycles. The van der Waals surface area contributed by atoms with Gasteiger partial charge in [-0.2, -0.15) is 0 Å². The summed E-state index contributed by atoms with van der Waals surface area (Å²) < 4.78 is 1.68. The first kappa shape index (κ1) is 23.7. The Bertz CT molecular complexity index is 1170. The fourth-order valence-corrected chi connectivity index (χ4v) is 5.75. The van der Waals surface area contributed by atoms with E-state index >= 15 is 0 Å². The third kappa shape index (κ3) is 5.48. The zero-order chi connectivity index (χ0) is 24.2. The highest BCUT2D eigenvalue weighted by atomic mass is 16.1. The van der Waals surface area contributed by atoms with Gasteiger partial charge in [-0.05, 0) is 56.0 Å². The number of rotatable bonds is 6. The van der Waals surface area contributed by atoms with Crippen molar-refractivity contribution in [3.63, 3.8) is 0 Å². The van der Waals surface area contributed by atoms with Gasteiger partial charge >= 0.3 is 0 Å². The molecule has 1 unspecified atom stereocenters. The van der Waals surface area contributed by atoms with Gasteiger partial charge in [0.15, 0.2) is 0 Å². The first-order valence-electron chi connectivity index (χ1n) is 13.1. The highest BCUT2D eigenvalue weighted by Crippen LogP contribution is 2.30. The summed E-state index contributed by atoms with van der Waals surface area (Å²) >= 11 is 0. The van der Waals surface area contributed by atoms with E-state index in [9.17, 15) is 4.79 Å². The molecular formula is C29H37N5O. The van der Waals surface area contributed by atoms with Crippen LogP contribution in [0.15, 0.2) is 59.7 Å². The van der Waals surface area contributed by atoms with Gasteiger partial charge in [-0.1, -0.05) is 43.5 Å². The molecule has 6 nitrogen and oxygen atoms in total. The quantitative estimate of drug-likeness (QED) is 0.507. The van der Waals surface area contributed by atoms with E-state index < -0.39 is 0 Å². The lowest BCUT2D eigenvalue weighted by Gasteiger charge is -2.34. The molecule has 1 aliphatic heterocycles. The van der Waals surface area contributed by atoms with E-state index in [0.717, 1.165) is 50.0 Å². The minimum atomic E-state index is -0.0321. The lowest BCUT2D eigenvalue weighted by atomic mass is 9.90. The first-order valence-corrected chi connectivity index (χ1v) is 13.1. The molecule has 0 amide bonds. The molecule has 3 aromatic rings. The largest absolute Gasteiger partial charge is 0.342 e. The molecule has 0 N–H and O–H groups in total. The van der Waals surface area contributed by atoms with Crippen molar-refractivity contribution in [2.24, 2.45) is 7.05 Å². The highest BCUT2D eigenvalue weighted by Gasteiger charge is 2.25. The van der Waals surface area contributed by atoms with Crippen LogP contribution in [0.25, 0.3) is 11.3 Å². The molecule has 0 radical (unpaired) electrons. The Morgan fingerprint density at radius 3 is 2.46 bits per heavy atom. The summed E-state index contributed by atoms with van der Waals surface area (Å²) in [5.74, 6) is 1.19. The average molecular weight is 472 g/mol. The number of pyridine rings is 1. The van der Waals surface area contributed by atoms with Crippen LogP contribution in [-0.4, -0.2) is 45.6 Å². The Hall–Kier alpha value is -2.99. The van der Waals surface area contributed by atoms with Gasteiger partial charge in [-0.25, -0.2) is 4.98 Å². The molecule has 2 aliphatic rings. The maximum absolute atomic E-state index is 12.7. The summed E-state index contributed by atoms with van der Waals surface area (Å²) in [5.41, 5.74) is 4.37. The van der Waals surface area contributed by atoms with Crippen LogP contribution in [0.2, 0.25) is 0 Å². The molecule has 1 saturated heterocycles. The molecule has 2 aromatic heterocycles. The molecule has 1 atom stereocenters. The summed E-state index contributed by atoms with van der Waals surface area (Å²) in [6, 6.07) is 15.4. The van der Waals surface area contributed by atoms with E-state index in [1.165, 1.54) is 43.2 Å². The van der Waals surface area contributed by atoms with Crippen LogP contribution in [0.4, 0.5) is 5.95 Å². The normalized spacial score (nSPS) is 19.3. The molecule has 2 fully saturated rings. The van der Waals surface area contributed by atoms with Gasteiger partial charge in [-0.15, -0.1) is 0 Å². The molecule has 35 heavy (non-hydrogen) atoms. The fourth-order valence-electron chi connectivity index (χ4n) is 5.75. The van der Waals surface area contributed by atoms with E-state index in [2.05, 4.69) is 46.1 Å². The van der Waals surface area contributed by atoms with Crippen molar-refractivity contribution in [3.8, 4) is 11.3 Å². The zero-order valence-electron chi connectivity index (χ0n) is 21.1. The van der Waals surface area contributed by atoms with Crippen LogP contribution in [0.3, 0.4) is 0 Å². The third-order valence-corrected chi connectivity index (χ3v) is 7.87. The van der Waals surface area contributed by atoms with Crippen molar-refractivity contribution in [2.45, 2.75) is 63.5 Å². The number of benzene rings is 1. The summed E-state index contributed by atoms with van der Waals surface area (Å²) in [6.07, 6.45) is 12.5. The Balaban J connectivity index is 1.29. The first-order chi connectivity index (χ1) is 17.1. The van der Waals surface area contributed by atoms with E-state index in [1.807, 2.05) is 19.2 Å². The van der Waals surface area contributed by atoms with Gasteiger partial charge in [0.25, 0.3) is 5.56 Å². The number of hydrogen-bond donors (Lipinski definition) is 0. The van der Waals surface area contributed by atoms with Crippen LogP contribution in [0, 0.1) is 0 Å². The monoisotopic (exact) mass is 471 g/mol. The lowest BCUT2D eigenvalue weighted by molar-refractivity contribution is 0.184. The van der Waals surface area contributed by atoms with Gasteiger partial charge in [-0.3, -0.25) is 19.2 Å². The number of piperidine rings is 1. The maximum Gasteiger partial charge on any atom is 0.255 e. The number of hydrogen-bond acceptors (Lipinski definition) is 5. The predicted octanol–water partition coefficient (Wildman–Crippen LogP) is 4.99. The Kier molecular flexibility index (Phi) is 7.28. The van der Waals surface area contributed by atoms with E-state index in [0.29, 0.717) is 11.6 Å². The molecule has 0 spiro atoms. The second-order valence-corrected chi connectivity index (χ2v) is 10.3. The molecular weight excluding hydrogens is 434 g/mol. The summed E-state index contributed by atoms with van der Waals surface area (Å²) in [7, 11) is 4.10. The second-order valence-electron chi connectivity index (χ2n) is 10.3. The molecule has 1 aromatic carbocycles. The van der Waals surface area contributed by atoms with Crippen molar-refractivity contribution in [2.75, 3.05) is 25.0 Å². The smallest absolute Gasteiger partial charge is 0.255 e. The van der Waals surface area contributed by atoms with Gasteiger partial charge < -0.3 is 4.90 Å². The van der Waals surface area contributed by atoms with Crippen LogP contribution in [0.5, 0.6) is 0 Å². The van der Waals surface area contributed by atoms with Gasteiger partial charge in [0.2, 0.25) is 5.95 Å². The minimum absolute atomic E-state index is 0.0321. The maximum atomic E-state index is 12.7. The lowest BCUT2D eigenvalue weighted by Crippen LogP contribution is -2.38. The molecule has 0 bridgehead atoms. The Morgan fingerprint density at radius 1 is 0.971 bits per heavy atom. The molecule has 5 rings (SSSR count). The summed E-state index contributed by atoms with van der Waals surface area (Å²) in [4.78, 5) is 26.6. The van der Waals surface area contributed by atoms with E-state index in [1.54, 1.807) is 23.0 Å². The molecule has 1 saturated carbocycles. The zero-order valence-corrected chi connectivity index (χ0v) is 21.1. The van der Waals surface area contributed by atoms with E-state index in [4.69, 9.17) is 4.98 Å². The van der Waals surface area contributed by atoms with Gasteiger partial charge in [0, 0.05) is 62.7 Å². The predicted molar refractivity (Wildman–Crippen MR) is 142 cm³/mol. The van der Waals surface area contributed by atoms with Crippen LogP contribution in [-0.2, 0) is 13.6 Å². The Morgan fingerprint density at radius 2 is 1.71 bits per heavy atom. The molecule has 184 valence electrons.